The van der Waals surface area contributed by atoms with Crippen molar-refractivity contribution in [3.05, 3.63) is 22.2 Å². The van der Waals surface area contributed by atoms with Crippen molar-refractivity contribution in [2.24, 2.45) is 0 Å². The third-order valence-electron chi connectivity index (χ3n) is 0.987. The lowest BCUT2D eigenvalue weighted by atomic mass is 10.2. The highest BCUT2D eigenvalue weighted by atomic mass is 35.5. The molecule has 0 amide bonds. The molecule has 0 saturated carbocycles. The molecule has 0 aromatic heterocycles. The van der Waals surface area contributed by atoms with E-state index in [1.807, 2.05) is 0 Å². The summed E-state index contributed by atoms with van der Waals surface area (Å²) in [7, 11) is 0. The van der Waals surface area contributed by atoms with Crippen molar-refractivity contribution in [3.63, 3.8) is 0 Å². The smallest absolute Gasteiger partial charge is 0.166 e. The molecule has 0 spiro atoms. The van der Waals surface area contributed by atoms with Gasteiger partial charge in [-0.15, -0.1) is 0 Å². The summed E-state index contributed by atoms with van der Waals surface area (Å²) in [6, 6.07) is 0. The average molecular weight is 259 g/mol. The van der Waals surface area contributed by atoms with Gasteiger partial charge in [0.1, 0.15) is 10.1 Å². The second kappa shape index (κ2) is 4.44. The minimum Gasteiger partial charge on any atom is -0.166 e. The van der Waals surface area contributed by atoms with E-state index < -0.39 is 22.4 Å². The number of allylic oxidation sites excluding steroid dienone is 3. The SMILES string of the molecule is FC(F)(F)C(=CC=C(Cl)Cl)C(F)(F)F. The number of alkyl halides is 6. The summed E-state index contributed by atoms with van der Waals surface area (Å²) in [6.07, 6.45) is -10.9. The van der Waals surface area contributed by atoms with Crippen LogP contribution < -0.4 is 0 Å². The van der Waals surface area contributed by atoms with Gasteiger partial charge in [0.25, 0.3) is 0 Å². The molecule has 82 valence electrons. The molecule has 0 radical (unpaired) electrons. The Morgan fingerprint density at radius 1 is 0.786 bits per heavy atom. The third-order valence-corrected chi connectivity index (χ3v) is 1.24. The molecule has 0 aliphatic heterocycles. The van der Waals surface area contributed by atoms with Gasteiger partial charge in [-0.25, -0.2) is 0 Å². The predicted molar refractivity (Wildman–Crippen MR) is 40.0 cm³/mol. The molecule has 0 aliphatic carbocycles. The Kier molecular flexibility index (Phi) is 4.33. The van der Waals surface area contributed by atoms with Crippen LogP contribution in [0.3, 0.4) is 0 Å². The van der Waals surface area contributed by atoms with Crippen LogP contribution in [0.1, 0.15) is 0 Å². The van der Waals surface area contributed by atoms with E-state index in [1.165, 1.54) is 0 Å². The molecule has 0 atom stereocenters. The van der Waals surface area contributed by atoms with E-state index in [0.717, 1.165) is 0 Å². The summed E-state index contributed by atoms with van der Waals surface area (Å²) < 4.78 is 69.9. The first kappa shape index (κ1) is 13.6. The Hall–Kier alpha value is -0.360. The minimum absolute atomic E-state index is 0.227. The Labute approximate surface area is 84.8 Å². The summed E-state index contributed by atoms with van der Waals surface area (Å²) in [5.74, 6) is 0. The van der Waals surface area contributed by atoms with Gasteiger partial charge in [-0.05, 0) is 12.2 Å². The van der Waals surface area contributed by atoms with Gasteiger partial charge in [0.15, 0.2) is 0 Å². The summed E-state index contributed by atoms with van der Waals surface area (Å²) in [6.45, 7) is 0. The van der Waals surface area contributed by atoms with E-state index in [0.29, 0.717) is 6.08 Å². The summed E-state index contributed by atoms with van der Waals surface area (Å²) in [4.78, 5) is 0. The quantitative estimate of drug-likeness (QED) is 0.484. The van der Waals surface area contributed by atoms with Gasteiger partial charge in [-0.1, -0.05) is 23.2 Å². The fourth-order valence-corrected chi connectivity index (χ4v) is 0.622. The van der Waals surface area contributed by atoms with E-state index >= 15 is 0 Å². The van der Waals surface area contributed by atoms with E-state index in [2.05, 4.69) is 0 Å². The minimum atomic E-state index is -5.49. The molecule has 0 fully saturated rings. The molecule has 0 heterocycles. The Balaban J connectivity index is 5.15. The average Bonchev–Trinajstić information content (AvgIpc) is 1.78. The van der Waals surface area contributed by atoms with Crippen LogP contribution in [0.5, 0.6) is 0 Å². The number of hydrogen-bond acceptors (Lipinski definition) is 0. The Morgan fingerprint density at radius 3 is 1.36 bits per heavy atom. The molecule has 0 nitrogen and oxygen atoms in total. The normalized spacial score (nSPS) is 12.3. The van der Waals surface area contributed by atoms with Crippen molar-refractivity contribution in [2.75, 3.05) is 0 Å². The number of rotatable bonds is 1. The first-order chi connectivity index (χ1) is 6.05. The topological polar surface area (TPSA) is 0 Å². The van der Waals surface area contributed by atoms with Gasteiger partial charge in [0.2, 0.25) is 0 Å². The first-order valence-electron chi connectivity index (χ1n) is 2.92. The molecule has 0 saturated heterocycles. The predicted octanol–water partition coefficient (Wildman–Crippen LogP) is 4.36. The highest BCUT2D eigenvalue weighted by Gasteiger charge is 2.50. The summed E-state index contributed by atoms with van der Waals surface area (Å²) in [5, 5.41) is 0. The van der Waals surface area contributed by atoms with Crippen molar-refractivity contribution in [1.29, 1.82) is 0 Å². The highest BCUT2D eigenvalue weighted by Crippen LogP contribution is 2.38. The van der Waals surface area contributed by atoms with E-state index in [9.17, 15) is 26.3 Å². The summed E-state index contributed by atoms with van der Waals surface area (Å²) in [5.41, 5.74) is -2.66. The van der Waals surface area contributed by atoms with Crippen molar-refractivity contribution >= 4 is 23.2 Å². The van der Waals surface area contributed by atoms with Gasteiger partial charge in [-0.3, -0.25) is 0 Å². The monoisotopic (exact) mass is 258 g/mol. The second-order valence-electron chi connectivity index (χ2n) is 2.03. The molecule has 0 aliphatic rings. The molecule has 0 aromatic carbocycles. The molecular weight excluding hydrogens is 257 g/mol. The van der Waals surface area contributed by atoms with Crippen molar-refractivity contribution in [1.82, 2.24) is 0 Å². The fraction of sp³-hybridized carbons (Fsp3) is 0.333. The van der Waals surface area contributed by atoms with Crippen molar-refractivity contribution in [3.8, 4) is 0 Å². The Morgan fingerprint density at radius 2 is 1.14 bits per heavy atom. The van der Waals surface area contributed by atoms with Gasteiger partial charge >= 0.3 is 12.4 Å². The number of halogens is 8. The fourth-order valence-electron chi connectivity index (χ4n) is 0.496. The lowest BCUT2D eigenvalue weighted by molar-refractivity contribution is -0.171. The first-order valence-corrected chi connectivity index (χ1v) is 3.68. The van der Waals surface area contributed by atoms with Gasteiger partial charge in [0.05, 0.1) is 0 Å². The van der Waals surface area contributed by atoms with Crippen LogP contribution in [0.4, 0.5) is 26.3 Å². The molecular formula is C6H2Cl2F6. The van der Waals surface area contributed by atoms with E-state index in [1.54, 1.807) is 0 Å². The standard InChI is InChI=1S/C6H2Cl2F6/c7-4(8)2-1-3(5(9,10)11)6(12,13)14/h1-2H. The van der Waals surface area contributed by atoms with Crippen LogP contribution in [-0.4, -0.2) is 12.4 Å². The zero-order chi connectivity index (χ0) is 11.6. The molecule has 0 rings (SSSR count). The zero-order valence-electron chi connectivity index (χ0n) is 6.18. The summed E-state index contributed by atoms with van der Waals surface area (Å²) >= 11 is 9.74. The van der Waals surface area contributed by atoms with Gasteiger partial charge in [0, 0.05) is 0 Å². The maximum Gasteiger partial charge on any atom is 0.421 e. The van der Waals surface area contributed by atoms with Crippen LogP contribution in [-0.2, 0) is 0 Å². The lowest BCUT2D eigenvalue weighted by Gasteiger charge is -2.13. The maximum absolute atomic E-state index is 11.8. The highest BCUT2D eigenvalue weighted by molar-refractivity contribution is 6.55. The van der Waals surface area contributed by atoms with Crippen LogP contribution in [0, 0.1) is 0 Å². The second-order valence-corrected chi connectivity index (χ2v) is 3.04. The van der Waals surface area contributed by atoms with Crippen LogP contribution in [0.2, 0.25) is 0 Å². The molecule has 0 aromatic rings. The van der Waals surface area contributed by atoms with E-state index in [4.69, 9.17) is 23.2 Å². The van der Waals surface area contributed by atoms with Crippen LogP contribution in [0.25, 0.3) is 0 Å². The zero-order valence-corrected chi connectivity index (χ0v) is 7.69. The molecule has 0 bridgehead atoms. The largest absolute Gasteiger partial charge is 0.421 e. The third kappa shape index (κ3) is 4.76. The molecule has 14 heavy (non-hydrogen) atoms. The number of hydrogen-bond donors (Lipinski definition) is 0. The van der Waals surface area contributed by atoms with Crippen molar-refractivity contribution < 1.29 is 26.3 Å². The maximum atomic E-state index is 11.8. The molecule has 0 N–H and O–H groups in total. The van der Waals surface area contributed by atoms with Gasteiger partial charge in [-0.2, -0.15) is 26.3 Å². The Bertz CT molecular complexity index is 238. The van der Waals surface area contributed by atoms with E-state index in [-0.39, 0.29) is 6.08 Å². The van der Waals surface area contributed by atoms with Crippen LogP contribution in [0.15, 0.2) is 22.2 Å². The lowest BCUT2D eigenvalue weighted by Crippen LogP contribution is -2.25. The van der Waals surface area contributed by atoms with Gasteiger partial charge < -0.3 is 0 Å². The van der Waals surface area contributed by atoms with Crippen LogP contribution >= 0.6 is 23.2 Å². The molecule has 0 unspecified atom stereocenters. The van der Waals surface area contributed by atoms with Crippen molar-refractivity contribution in [2.45, 2.75) is 12.4 Å². The molecule has 8 heteroatoms.